The van der Waals surface area contributed by atoms with E-state index >= 15 is 0 Å². The molecule has 0 fully saturated rings. The van der Waals surface area contributed by atoms with Gasteiger partial charge in [-0.3, -0.25) is 19.3 Å². The van der Waals surface area contributed by atoms with Crippen molar-refractivity contribution in [3.8, 4) is 0 Å². The Labute approximate surface area is 156 Å². The maximum Gasteiger partial charge on any atom is 0.338 e. The maximum atomic E-state index is 12.4. The highest BCUT2D eigenvalue weighted by Gasteiger charge is 2.37. The number of ether oxygens (including phenoxy) is 1. The molecule has 0 aliphatic carbocycles. The molecule has 2 aromatic carbocycles. The second-order valence-electron chi connectivity index (χ2n) is 6.61. The van der Waals surface area contributed by atoms with E-state index in [0.717, 1.165) is 4.90 Å². The number of hydrogen-bond donors (Lipinski definition) is 0. The third-order valence-corrected chi connectivity index (χ3v) is 4.38. The summed E-state index contributed by atoms with van der Waals surface area (Å²) >= 11 is 0. The van der Waals surface area contributed by atoms with Gasteiger partial charge >= 0.3 is 5.97 Å². The zero-order valence-corrected chi connectivity index (χ0v) is 15.3. The molecule has 0 unspecified atom stereocenters. The van der Waals surface area contributed by atoms with Gasteiger partial charge < -0.3 is 4.74 Å². The van der Waals surface area contributed by atoms with Gasteiger partial charge in [0.1, 0.15) is 0 Å². The molecular weight excluding hydrogens is 346 g/mol. The summed E-state index contributed by atoms with van der Waals surface area (Å²) in [4.78, 5) is 50.6. The van der Waals surface area contributed by atoms with Gasteiger partial charge in [0.25, 0.3) is 11.8 Å². The highest BCUT2D eigenvalue weighted by atomic mass is 16.5. The fourth-order valence-electron chi connectivity index (χ4n) is 2.97. The Morgan fingerprint density at radius 2 is 1.48 bits per heavy atom. The number of hydrogen-bond acceptors (Lipinski definition) is 5. The number of carbonyl (C=O) groups is 4. The molecular formula is C21H19NO5. The number of imide groups is 1. The number of carbonyl (C=O) groups excluding carboxylic acids is 4. The number of nitrogens with zero attached hydrogens (tertiary/aromatic N) is 1. The van der Waals surface area contributed by atoms with Crippen LogP contribution in [-0.2, 0) is 4.74 Å². The lowest BCUT2D eigenvalue weighted by Crippen LogP contribution is -2.35. The largest absolute Gasteiger partial charge is 0.451 e. The molecule has 0 spiro atoms. The van der Waals surface area contributed by atoms with Gasteiger partial charge in [-0.25, -0.2) is 4.79 Å². The van der Waals surface area contributed by atoms with Gasteiger partial charge in [0.05, 0.1) is 16.7 Å². The van der Waals surface area contributed by atoms with E-state index in [1.807, 2.05) is 0 Å². The fraction of sp³-hybridized carbons (Fsp3) is 0.238. The van der Waals surface area contributed by atoms with Crippen molar-refractivity contribution in [3.63, 3.8) is 0 Å². The second-order valence-corrected chi connectivity index (χ2v) is 6.61. The molecule has 0 saturated carbocycles. The van der Waals surface area contributed by atoms with Crippen LogP contribution in [0, 0.1) is 0 Å². The van der Waals surface area contributed by atoms with Crippen LogP contribution in [0.25, 0.3) is 0 Å². The first-order valence-corrected chi connectivity index (χ1v) is 8.63. The standard InChI is InChI=1S/C21H19NO5/c1-12(2)22-19(24)16-10-9-15(11-17(16)20(22)25)21(26)27-13(3)18(23)14-7-5-4-6-8-14/h4-13H,1-3H3/t13-/m1/s1. The molecule has 6 heteroatoms. The number of benzene rings is 2. The van der Waals surface area contributed by atoms with E-state index in [1.54, 1.807) is 44.2 Å². The number of amides is 2. The molecule has 1 heterocycles. The van der Waals surface area contributed by atoms with Crippen LogP contribution in [-0.4, -0.2) is 40.6 Å². The van der Waals surface area contributed by atoms with Crippen LogP contribution in [0.1, 0.15) is 62.2 Å². The maximum absolute atomic E-state index is 12.4. The molecule has 138 valence electrons. The Morgan fingerprint density at radius 3 is 2.11 bits per heavy atom. The van der Waals surface area contributed by atoms with Gasteiger partial charge in [-0.1, -0.05) is 30.3 Å². The molecule has 2 aromatic rings. The minimum Gasteiger partial charge on any atom is -0.451 e. The van der Waals surface area contributed by atoms with Crippen molar-refractivity contribution in [1.29, 1.82) is 0 Å². The molecule has 27 heavy (non-hydrogen) atoms. The molecule has 0 radical (unpaired) electrons. The minimum absolute atomic E-state index is 0.119. The highest BCUT2D eigenvalue weighted by Crippen LogP contribution is 2.26. The van der Waals surface area contributed by atoms with Gasteiger partial charge in [-0.05, 0) is 39.0 Å². The van der Waals surface area contributed by atoms with E-state index in [1.165, 1.54) is 25.1 Å². The second kappa shape index (κ2) is 7.15. The average Bonchev–Trinajstić information content (AvgIpc) is 2.91. The lowest BCUT2D eigenvalue weighted by molar-refractivity contribution is 0.0318. The summed E-state index contributed by atoms with van der Waals surface area (Å²) in [7, 11) is 0. The normalized spacial score (nSPS) is 14.3. The number of esters is 1. The van der Waals surface area contributed by atoms with Crippen molar-refractivity contribution >= 4 is 23.6 Å². The summed E-state index contributed by atoms with van der Waals surface area (Å²) in [5.74, 6) is -1.86. The van der Waals surface area contributed by atoms with Gasteiger partial charge in [0, 0.05) is 11.6 Å². The summed E-state index contributed by atoms with van der Waals surface area (Å²) in [5, 5.41) is 0. The van der Waals surface area contributed by atoms with Crippen molar-refractivity contribution in [3.05, 3.63) is 70.8 Å². The predicted octanol–water partition coefficient (Wildman–Crippen LogP) is 3.12. The Balaban J connectivity index is 1.79. The predicted molar refractivity (Wildman–Crippen MR) is 97.7 cm³/mol. The van der Waals surface area contributed by atoms with Crippen LogP contribution in [0.2, 0.25) is 0 Å². The Hall–Kier alpha value is -3.28. The van der Waals surface area contributed by atoms with Crippen LogP contribution in [0.5, 0.6) is 0 Å². The summed E-state index contributed by atoms with van der Waals surface area (Å²) < 4.78 is 5.25. The van der Waals surface area contributed by atoms with Crippen LogP contribution in [0.4, 0.5) is 0 Å². The van der Waals surface area contributed by atoms with Crippen LogP contribution in [0.3, 0.4) is 0 Å². The molecule has 0 N–H and O–H groups in total. The molecule has 1 atom stereocenters. The Kier molecular flexibility index (Phi) is 4.90. The van der Waals surface area contributed by atoms with Gasteiger partial charge in [0.2, 0.25) is 5.78 Å². The smallest absolute Gasteiger partial charge is 0.338 e. The molecule has 6 nitrogen and oxygen atoms in total. The molecule has 1 aliphatic heterocycles. The van der Waals surface area contributed by atoms with Gasteiger partial charge in [-0.2, -0.15) is 0 Å². The first-order chi connectivity index (χ1) is 12.8. The number of ketones is 1. The Morgan fingerprint density at radius 1 is 0.852 bits per heavy atom. The zero-order valence-electron chi connectivity index (χ0n) is 15.3. The third-order valence-electron chi connectivity index (χ3n) is 4.38. The van der Waals surface area contributed by atoms with E-state index in [2.05, 4.69) is 0 Å². The highest BCUT2D eigenvalue weighted by molar-refractivity contribution is 6.22. The minimum atomic E-state index is -0.974. The van der Waals surface area contributed by atoms with Gasteiger partial charge in [-0.15, -0.1) is 0 Å². The van der Waals surface area contributed by atoms with Crippen LogP contribution in [0.15, 0.2) is 48.5 Å². The molecule has 0 aromatic heterocycles. The van der Waals surface area contributed by atoms with Crippen LogP contribution >= 0.6 is 0 Å². The molecule has 1 aliphatic rings. The number of fused-ring (bicyclic) bond motifs is 1. The van der Waals surface area contributed by atoms with Crippen molar-refractivity contribution in [2.75, 3.05) is 0 Å². The van der Waals surface area contributed by atoms with E-state index in [-0.39, 0.29) is 34.4 Å². The van der Waals surface area contributed by atoms with E-state index in [4.69, 9.17) is 4.74 Å². The van der Waals surface area contributed by atoms with E-state index in [9.17, 15) is 19.2 Å². The summed E-state index contributed by atoms with van der Waals surface area (Å²) in [6.45, 7) is 4.98. The van der Waals surface area contributed by atoms with Crippen molar-refractivity contribution < 1.29 is 23.9 Å². The number of Topliss-reactive ketones (excluding diaryl/α,β-unsaturated/α-hetero) is 1. The quantitative estimate of drug-likeness (QED) is 0.462. The van der Waals surface area contributed by atoms with Crippen molar-refractivity contribution in [2.45, 2.75) is 32.9 Å². The topological polar surface area (TPSA) is 80.8 Å². The van der Waals surface area contributed by atoms with Crippen molar-refractivity contribution in [1.82, 2.24) is 4.90 Å². The third kappa shape index (κ3) is 3.38. The van der Waals surface area contributed by atoms with Gasteiger partial charge in [0.15, 0.2) is 6.10 Å². The first kappa shape index (κ1) is 18.5. The Bertz CT molecular complexity index is 933. The van der Waals surface area contributed by atoms with Crippen molar-refractivity contribution in [2.24, 2.45) is 0 Å². The van der Waals surface area contributed by atoms with E-state index in [0.29, 0.717) is 5.56 Å². The molecule has 2 amide bonds. The molecule has 0 saturated heterocycles. The lowest BCUT2D eigenvalue weighted by atomic mass is 10.1. The summed E-state index contributed by atoms with van der Waals surface area (Å²) in [5.41, 5.74) is 0.997. The molecule has 0 bridgehead atoms. The van der Waals surface area contributed by atoms with E-state index < -0.39 is 18.0 Å². The molecule has 3 rings (SSSR count). The first-order valence-electron chi connectivity index (χ1n) is 8.63. The van der Waals surface area contributed by atoms with Crippen LogP contribution < -0.4 is 0 Å². The monoisotopic (exact) mass is 365 g/mol. The SMILES string of the molecule is CC(C)N1C(=O)c2ccc(C(=O)O[C@H](C)C(=O)c3ccccc3)cc2C1=O. The zero-order chi connectivity index (χ0) is 19.7. The average molecular weight is 365 g/mol. The summed E-state index contributed by atoms with van der Waals surface area (Å²) in [6, 6.07) is 12.5. The fourth-order valence-corrected chi connectivity index (χ4v) is 2.97. The lowest BCUT2D eigenvalue weighted by Gasteiger charge is -2.17. The number of rotatable bonds is 5. The summed E-state index contributed by atoms with van der Waals surface area (Å²) in [6.07, 6.45) is -0.974.